The fourth-order valence-electron chi connectivity index (χ4n) is 3.40. The Morgan fingerprint density at radius 2 is 2.00 bits per heavy atom. The highest BCUT2D eigenvalue weighted by Gasteiger charge is 2.38. The quantitative estimate of drug-likeness (QED) is 0.499. The van der Waals surface area contributed by atoms with Crippen molar-refractivity contribution in [2.45, 2.75) is 32.0 Å². The summed E-state index contributed by atoms with van der Waals surface area (Å²) in [5.41, 5.74) is -1.20. The number of carbonyl (C=O) groups excluding carboxylic acids is 2. The molecule has 4 rings (SSSR count). The summed E-state index contributed by atoms with van der Waals surface area (Å²) in [6.07, 6.45) is -0.0276. The largest absolute Gasteiger partial charge is 0.409 e. The fourth-order valence-corrected chi connectivity index (χ4v) is 3.40. The molecule has 0 saturated heterocycles. The minimum absolute atomic E-state index is 0.00678. The van der Waals surface area contributed by atoms with Gasteiger partial charge in [-0.05, 0) is 19.8 Å². The average molecular weight is 480 g/mol. The van der Waals surface area contributed by atoms with Crippen LogP contribution in [-0.2, 0) is 11.8 Å². The molecule has 1 atom stereocenters. The first-order valence-electron chi connectivity index (χ1n) is 11.7. The highest BCUT2D eigenvalue weighted by Crippen LogP contribution is 2.33. The lowest BCUT2D eigenvalue weighted by molar-refractivity contribution is -0.163. The molecule has 0 aliphatic heterocycles. The van der Waals surface area contributed by atoms with Crippen LogP contribution in [0.2, 0.25) is 0 Å². The molecule has 13 heteroatoms. The van der Waals surface area contributed by atoms with E-state index in [0.717, 1.165) is 32.3 Å². The van der Waals surface area contributed by atoms with Crippen molar-refractivity contribution < 1.29 is 26.9 Å². The van der Waals surface area contributed by atoms with Gasteiger partial charge in [0.15, 0.2) is 0 Å². The van der Waals surface area contributed by atoms with Gasteiger partial charge in [0.05, 0.1) is 16.9 Å². The van der Waals surface area contributed by atoms with Crippen molar-refractivity contribution >= 4 is 40.0 Å². The second kappa shape index (κ2) is 8.47. The molecule has 3 heterocycles. The Bertz CT molecular complexity index is 1450. The minimum Gasteiger partial charge on any atom is -0.355 e. The van der Waals surface area contributed by atoms with E-state index in [1.165, 1.54) is 23.9 Å². The molecule has 10 nitrogen and oxygen atoms in total. The predicted octanol–water partition coefficient (Wildman–Crippen LogP) is 2.71. The van der Waals surface area contributed by atoms with E-state index in [2.05, 4.69) is 20.6 Å². The third kappa shape index (κ3) is 4.32. The second-order valence-electron chi connectivity index (χ2n) is 7.98. The number of nitrogens with one attached hydrogen (secondary N) is 3. The van der Waals surface area contributed by atoms with Gasteiger partial charge in [-0.1, -0.05) is 0 Å². The van der Waals surface area contributed by atoms with Crippen molar-refractivity contribution in [2.75, 3.05) is 17.6 Å². The van der Waals surface area contributed by atoms with Gasteiger partial charge in [0.2, 0.25) is 5.91 Å². The van der Waals surface area contributed by atoms with Gasteiger partial charge >= 0.3 is 6.18 Å². The van der Waals surface area contributed by atoms with Crippen LogP contribution in [0, 0.1) is 5.92 Å². The number of hydrogen-bond donors (Lipinski definition) is 3. The molecule has 0 spiro atoms. The number of aromatic nitrogens is 4. The summed E-state index contributed by atoms with van der Waals surface area (Å²) in [6.45, 7) is -2.00. The molecule has 34 heavy (non-hydrogen) atoms. The van der Waals surface area contributed by atoms with Gasteiger partial charge in [0.1, 0.15) is 29.2 Å². The first-order valence-corrected chi connectivity index (χ1v) is 10.2. The van der Waals surface area contributed by atoms with Crippen LogP contribution in [0.3, 0.4) is 0 Å². The maximum Gasteiger partial charge on any atom is 0.409 e. The summed E-state index contributed by atoms with van der Waals surface area (Å²) in [5, 5.41) is 7.05. The number of aryl methyl sites for hydroxylation is 1. The van der Waals surface area contributed by atoms with Gasteiger partial charge in [0, 0.05) is 42.5 Å². The third-order valence-corrected chi connectivity index (χ3v) is 5.52. The van der Waals surface area contributed by atoms with E-state index < -0.39 is 30.7 Å². The summed E-state index contributed by atoms with van der Waals surface area (Å²) >= 11 is 0. The number of nitrogens with zero attached hydrogens (tertiary/aromatic N) is 4. The zero-order valence-corrected chi connectivity index (χ0v) is 18.0. The second-order valence-corrected chi connectivity index (χ2v) is 7.98. The normalized spacial score (nSPS) is 16.3. The van der Waals surface area contributed by atoms with Crippen LogP contribution in [0.25, 0.3) is 11.0 Å². The first-order chi connectivity index (χ1) is 17.2. The molecule has 0 aromatic carbocycles. The van der Waals surface area contributed by atoms with Crippen molar-refractivity contribution in [1.29, 1.82) is 0 Å². The zero-order chi connectivity index (χ0) is 27.3. The number of carbonyl (C=O) groups is 2. The lowest BCUT2D eigenvalue weighted by Gasteiger charge is -2.18. The van der Waals surface area contributed by atoms with E-state index in [1.807, 2.05) is 5.32 Å². The lowest BCUT2D eigenvalue weighted by atomic mass is 10.2. The summed E-state index contributed by atoms with van der Waals surface area (Å²) in [5.74, 6) is -1.42. The third-order valence-electron chi connectivity index (χ3n) is 5.52. The van der Waals surface area contributed by atoms with Crippen LogP contribution < -0.4 is 21.5 Å². The monoisotopic (exact) mass is 480 g/mol. The smallest absolute Gasteiger partial charge is 0.355 e. The van der Waals surface area contributed by atoms with Crippen molar-refractivity contribution in [1.82, 2.24) is 24.4 Å². The summed E-state index contributed by atoms with van der Waals surface area (Å²) < 4.78 is 63.7. The molecule has 0 unspecified atom stereocenters. The number of amides is 2. The van der Waals surface area contributed by atoms with Gasteiger partial charge in [-0.3, -0.25) is 19.0 Å². The highest BCUT2D eigenvalue weighted by molar-refractivity contribution is 6.03. The first kappa shape index (κ1) is 19.6. The number of pyridine rings is 1. The molecule has 1 saturated carbocycles. The van der Waals surface area contributed by atoms with Crippen molar-refractivity contribution in [3.05, 3.63) is 40.7 Å². The molecule has 0 radical (unpaired) electrons. The van der Waals surface area contributed by atoms with E-state index in [1.54, 1.807) is 0 Å². The summed E-state index contributed by atoms with van der Waals surface area (Å²) in [7, 11) is 1.52. The van der Waals surface area contributed by atoms with E-state index in [9.17, 15) is 27.6 Å². The van der Waals surface area contributed by atoms with Crippen LogP contribution in [0.5, 0.6) is 0 Å². The average Bonchev–Trinajstić information content (AvgIpc) is 3.57. The maximum atomic E-state index is 13.3. The van der Waals surface area contributed by atoms with Crippen LogP contribution in [0.4, 0.5) is 30.4 Å². The maximum absolute atomic E-state index is 13.3. The SMILES string of the molecule is [2H]C([2H])([2H])NC(=O)c1cnc(NC(=O)C2CC2)cc1Nc1cn(C)c2ncn([C@H](C)C(F)(F)F)c(=O)c12. The summed E-state index contributed by atoms with van der Waals surface area (Å²) in [4.78, 5) is 45.9. The number of halogens is 3. The molecule has 0 bridgehead atoms. The Balaban J connectivity index is 1.80. The van der Waals surface area contributed by atoms with Gasteiger partial charge in [-0.15, -0.1) is 0 Å². The van der Waals surface area contributed by atoms with Crippen molar-refractivity contribution in [3.8, 4) is 0 Å². The Hall–Kier alpha value is -3.90. The zero-order valence-electron chi connectivity index (χ0n) is 21.0. The van der Waals surface area contributed by atoms with Crippen molar-refractivity contribution in [3.63, 3.8) is 0 Å². The molecular formula is C21H22F3N7O3. The topological polar surface area (TPSA) is 123 Å². The Labute approximate surface area is 195 Å². The molecule has 1 aliphatic carbocycles. The van der Waals surface area contributed by atoms with E-state index in [4.69, 9.17) is 4.11 Å². The Kier molecular flexibility index (Phi) is 4.87. The molecular weight excluding hydrogens is 455 g/mol. The van der Waals surface area contributed by atoms with E-state index in [-0.39, 0.29) is 45.6 Å². The molecule has 1 fully saturated rings. The number of rotatable bonds is 6. The van der Waals surface area contributed by atoms with Gasteiger partial charge in [0.25, 0.3) is 11.5 Å². The Morgan fingerprint density at radius 1 is 1.26 bits per heavy atom. The van der Waals surface area contributed by atoms with Crippen molar-refractivity contribution in [2.24, 2.45) is 13.0 Å². The Morgan fingerprint density at radius 3 is 2.65 bits per heavy atom. The lowest BCUT2D eigenvalue weighted by Crippen LogP contribution is -2.32. The van der Waals surface area contributed by atoms with Crippen LogP contribution in [0.15, 0.2) is 29.6 Å². The molecule has 180 valence electrons. The van der Waals surface area contributed by atoms with Crippen LogP contribution in [-0.4, -0.2) is 44.1 Å². The molecule has 3 aromatic rings. The van der Waals surface area contributed by atoms with Gasteiger partial charge < -0.3 is 20.5 Å². The predicted molar refractivity (Wildman–Crippen MR) is 118 cm³/mol. The number of alkyl halides is 3. The standard InChI is InChI=1S/C21H22F3N7O3/c1-10(21(22,23)24)31-9-27-17-16(20(31)34)14(8-30(17)3)28-13-6-15(29-18(32)11-4-5-11)26-7-12(13)19(33)25-2/h6-11H,4-5H2,1-3H3,(H,25,33)(H2,26,28,29,32)/t10-/m1/s1/i2D3. The van der Waals surface area contributed by atoms with E-state index >= 15 is 0 Å². The van der Waals surface area contributed by atoms with Gasteiger partial charge in [-0.2, -0.15) is 13.2 Å². The van der Waals surface area contributed by atoms with Crippen LogP contribution >= 0.6 is 0 Å². The minimum atomic E-state index is -4.71. The van der Waals surface area contributed by atoms with Gasteiger partial charge in [-0.25, -0.2) is 9.97 Å². The van der Waals surface area contributed by atoms with Crippen LogP contribution in [0.1, 0.15) is 40.3 Å². The number of fused-ring (bicyclic) bond motifs is 1. The molecule has 3 N–H and O–H groups in total. The number of anilines is 3. The summed E-state index contributed by atoms with van der Waals surface area (Å²) in [6, 6.07) is -0.892. The molecule has 3 aromatic heterocycles. The number of hydrogen-bond acceptors (Lipinski definition) is 6. The van der Waals surface area contributed by atoms with E-state index in [0.29, 0.717) is 4.57 Å². The molecule has 1 aliphatic rings. The fraction of sp³-hybridized carbons (Fsp3) is 0.381. The molecule has 2 amide bonds. The highest BCUT2D eigenvalue weighted by atomic mass is 19.4.